The van der Waals surface area contributed by atoms with Gasteiger partial charge in [0.1, 0.15) is 6.04 Å². The van der Waals surface area contributed by atoms with Crippen LogP contribution in [-0.2, 0) is 11.2 Å². The smallest absolute Gasteiger partial charge is 0.320 e. The SMILES string of the molecule is COc1ccc(C[C@@H](N)C(=O)O)cn1. The molecule has 0 aliphatic heterocycles. The Kier molecular flexibility index (Phi) is 3.41. The summed E-state index contributed by atoms with van der Waals surface area (Å²) < 4.78 is 4.86. The maximum absolute atomic E-state index is 10.5. The molecule has 0 aromatic carbocycles. The van der Waals surface area contributed by atoms with E-state index in [1.807, 2.05) is 0 Å². The summed E-state index contributed by atoms with van der Waals surface area (Å²) in [5.74, 6) is -0.515. The minimum atomic E-state index is -1.01. The van der Waals surface area contributed by atoms with Gasteiger partial charge < -0.3 is 15.6 Å². The van der Waals surface area contributed by atoms with Gasteiger partial charge in [-0.2, -0.15) is 0 Å². The molecular weight excluding hydrogens is 184 g/mol. The van der Waals surface area contributed by atoms with Crippen molar-refractivity contribution >= 4 is 5.97 Å². The Morgan fingerprint density at radius 2 is 2.43 bits per heavy atom. The van der Waals surface area contributed by atoms with Crippen LogP contribution in [0.1, 0.15) is 5.56 Å². The van der Waals surface area contributed by atoms with Crippen LogP contribution in [0.25, 0.3) is 0 Å². The van der Waals surface area contributed by atoms with Gasteiger partial charge in [0.05, 0.1) is 7.11 Å². The lowest BCUT2D eigenvalue weighted by molar-refractivity contribution is -0.138. The van der Waals surface area contributed by atoms with E-state index in [0.717, 1.165) is 5.56 Å². The number of aliphatic carboxylic acids is 1. The third-order valence-electron chi connectivity index (χ3n) is 1.78. The molecule has 0 unspecified atom stereocenters. The molecule has 0 saturated carbocycles. The number of methoxy groups -OCH3 is 1. The molecule has 0 amide bonds. The van der Waals surface area contributed by atoms with Crippen molar-refractivity contribution < 1.29 is 14.6 Å². The van der Waals surface area contributed by atoms with Gasteiger partial charge in [0.25, 0.3) is 0 Å². The number of hydrogen-bond acceptors (Lipinski definition) is 4. The van der Waals surface area contributed by atoms with E-state index < -0.39 is 12.0 Å². The molecule has 0 spiro atoms. The van der Waals surface area contributed by atoms with Crippen molar-refractivity contribution in [3.63, 3.8) is 0 Å². The zero-order valence-corrected chi connectivity index (χ0v) is 7.80. The van der Waals surface area contributed by atoms with Gasteiger partial charge in [-0.3, -0.25) is 4.79 Å². The number of pyridine rings is 1. The molecule has 76 valence electrons. The Morgan fingerprint density at radius 3 is 2.86 bits per heavy atom. The van der Waals surface area contributed by atoms with Crippen LogP contribution in [0.4, 0.5) is 0 Å². The molecule has 14 heavy (non-hydrogen) atoms. The lowest BCUT2D eigenvalue weighted by Crippen LogP contribution is -2.32. The monoisotopic (exact) mass is 196 g/mol. The van der Waals surface area contributed by atoms with Crippen molar-refractivity contribution in [3.05, 3.63) is 23.9 Å². The summed E-state index contributed by atoms with van der Waals surface area (Å²) in [4.78, 5) is 14.4. The van der Waals surface area contributed by atoms with Crippen molar-refractivity contribution in [2.24, 2.45) is 5.73 Å². The summed E-state index contributed by atoms with van der Waals surface area (Å²) in [7, 11) is 1.52. The number of carboxylic acid groups (broad SMARTS) is 1. The molecule has 0 saturated heterocycles. The zero-order valence-electron chi connectivity index (χ0n) is 7.80. The minimum absolute atomic E-state index is 0.270. The van der Waals surface area contributed by atoms with E-state index in [0.29, 0.717) is 5.88 Å². The summed E-state index contributed by atoms with van der Waals surface area (Å²) in [5.41, 5.74) is 6.14. The molecule has 1 atom stereocenters. The molecule has 1 rings (SSSR count). The quantitative estimate of drug-likeness (QED) is 0.710. The van der Waals surface area contributed by atoms with Crippen LogP contribution in [0, 0.1) is 0 Å². The molecular formula is C9H12N2O3. The lowest BCUT2D eigenvalue weighted by Gasteiger charge is -2.06. The number of rotatable bonds is 4. The number of hydrogen-bond donors (Lipinski definition) is 2. The first kappa shape index (κ1) is 10.5. The van der Waals surface area contributed by atoms with Gasteiger partial charge in [-0.05, 0) is 12.0 Å². The lowest BCUT2D eigenvalue weighted by atomic mass is 10.1. The predicted octanol–water partition coefficient (Wildman–Crippen LogP) is 0.0446. The average Bonchev–Trinajstić information content (AvgIpc) is 2.19. The van der Waals surface area contributed by atoms with Crippen LogP contribution in [0.3, 0.4) is 0 Å². The van der Waals surface area contributed by atoms with Crippen LogP contribution in [-0.4, -0.2) is 29.2 Å². The van der Waals surface area contributed by atoms with Gasteiger partial charge in [0.2, 0.25) is 5.88 Å². The van der Waals surface area contributed by atoms with Crippen molar-refractivity contribution in [3.8, 4) is 5.88 Å². The topological polar surface area (TPSA) is 85.4 Å². The standard InChI is InChI=1S/C9H12N2O3/c1-14-8-3-2-6(5-11-8)4-7(10)9(12)13/h2-3,5,7H,4,10H2,1H3,(H,12,13)/t7-/m1/s1. The highest BCUT2D eigenvalue weighted by Crippen LogP contribution is 2.07. The molecule has 1 aromatic rings. The molecule has 1 aromatic heterocycles. The van der Waals surface area contributed by atoms with E-state index in [2.05, 4.69) is 4.98 Å². The second kappa shape index (κ2) is 4.57. The van der Waals surface area contributed by atoms with E-state index >= 15 is 0 Å². The minimum Gasteiger partial charge on any atom is -0.481 e. The van der Waals surface area contributed by atoms with E-state index in [4.69, 9.17) is 15.6 Å². The maximum Gasteiger partial charge on any atom is 0.320 e. The van der Waals surface area contributed by atoms with E-state index in [1.165, 1.54) is 7.11 Å². The molecule has 0 bridgehead atoms. The van der Waals surface area contributed by atoms with Crippen LogP contribution >= 0.6 is 0 Å². The Hall–Kier alpha value is -1.62. The van der Waals surface area contributed by atoms with Crippen molar-refractivity contribution in [1.29, 1.82) is 0 Å². The second-order valence-electron chi connectivity index (χ2n) is 2.86. The number of ether oxygens (including phenoxy) is 1. The molecule has 5 heteroatoms. The van der Waals surface area contributed by atoms with Gasteiger partial charge in [0.15, 0.2) is 0 Å². The summed E-state index contributed by atoms with van der Waals surface area (Å²) >= 11 is 0. The Bertz CT molecular complexity index is 310. The first-order valence-corrected chi connectivity index (χ1v) is 4.11. The third-order valence-corrected chi connectivity index (χ3v) is 1.78. The third kappa shape index (κ3) is 2.70. The van der Waals surface area contributed by atoms with Crippen molar-refractivity contribution in [1.82, 2.24) is 4.98 Å². The van der Waals surface area contributed by atoms with Crippen LogP contribution in [0.2, 0.25) is 0 Å². The summed E-state index contributed by atoms with van der Waals surface area (Å²) in [6, 6.07) is 2.53. The van der Waals surface area contributed by atoms with Gasteiger partial charge in [-0.25, -0.2) is 4.98 Å². The number of nitrogens with zero attached hydrogens (tertiary/aromatic N) is 1. The summed E-state index contributed by atoms with van der Waals surface area (Å²) in [5, 5.41) is 8.57. The highest BCUT2D eigenvalue weighted by molar-refractivity contribution is 5.73. The van der Waals surface area contributed by atoms with Crippen molar-refractivity contribution in [2.45, 2.75) is 12.5 Å². The number of carboxylic acids is 1. The molecule has 0 radical (unpaired) electrons. The van der Waals surface area contributed by atoms with Gasteiger partial charge in [-0.1, -0.05) is 6.07 Å². The average molecular weight is 196 g/mol. The Morgan fingerprint density at radius 1 is 1.71 bits per heavy atom. The van der Waals surface area contributed by atoms with Crippen LogP contribution < -0.4 is 10.5 Å². The Labute approximate surface area is 81.5 Å². The molecule has 1 heterocycles. The molecule has 5 nitrogen and oxygen atoms in total. The number of nitrogens with two attached hydrogens (primary N) is 1. The fraction of sp³-hybridized carbons (Fsp3) is 0.333. The zero-order chi connectivity index (χ0) is 10.6. The van der Waals surface area contributed by atoms with Crippen LogP contribution in [0.15, 0.2) is 18.3 Å². The number of aromatic nitrogens is 1. The predicted molar refractivity (Wildman–Crippen MR) is 50.1 cm³/mol. The van der Waals surface area contributed by atoms with E-state index in [-0.39, 0.29) is 6.42 Å². The largest absolute Gasteiger partial charge is 0.481 e. The fourth-order valence-corrected chi connectivity index (χ4v) is 0.994. The van der Waals surface area contributed by atoms with Gasteiger partial charge in [0, 0.05) is 12.3 Å². The van der Waals surface area contributed by atoms with Gasteiger partial charge in [-0.15, -0.1) is 0 Å². The highest BCUT2D eigenvalue weighted by atomic mass is 16.5. The number of carbonyl (C=O) groups is 1. The molecule has 0 aliphatic rings. The van der Waals surface area contributed by atoms with E-state index in [1.54, 1.807) is 18.3 Å². The summed E-state index contributed by atoms with van der Waals surface area (Å²) in [6.45, 7) is 0. The molecule has 3 N–H and O–H groups in total. The van der Waals surface area contributed by atoms with Crippen molar-refractivity contribution in [2.75, 3.05) is 7.11 Å². The van der Waals surface area contributed by atoms with E-state index in [9.17, 15) is 4.79 Å². The second-order valence-corrected chi connectivity index (χ2v) is 2.86. The Balaban J connectivity index is 2.64. The first-order chi connectivity index (χ1) is 6.63. The normalized spacial score (nSPS) is 12.1. The molecule has 0 aliphatic carbocycles. The summed E-state index contributed by atoms with van der Waals surface area (Å²) in [6.07, 6.45) is 1.83. The fourth-order valence-electron chi connectivity index (χ4n) is 0.994. The van der Waals surface area contributed by atoms with Gasteiger partial charge >= 0.3 is 5.97 Å². The van der Waals surface area contributed by atoms with Crippen LogP contribution in [0.5, 0.6) is 5.88 Å². The first-order valence-electron chi connectivity index (χ1n) is 4.11. The maximum atomic E-state index is 10.5. The highest BCUT2D eigenvalue weighted by Gasteiger charge is 2.11. The molecule has 0 fully saturated rings.